The molecule has 0 bridgehead atoms. The Hall–Kier alpha value is -3.24. The number of amides is 1. The number of hydrogen-bond acceptors (Lipinski definition) is 4. The molecule has 25 heavy (non-hydrogen) atoms. The molecule has 7 heteroatoms. The summed E-state index contributed by atoms with van der Waals surface area (Å²) < 4.78 is 2.36. The number of carbonyl (C=O) groups excluding carboxylic acids is 1. The number of nitro benzene ring substituents is 1. The molecular weight excluding hydrogens is 338 g/mol. The van der Waals surface area contributed by atoms with Crippen LogP contribution in [-0.2, 0) is 6.54 Å². The van der Waals surface area contributed by atoms with Gasteiger partial charge in [0.15, 0.2) is 4.80 Å². The first-order chi connectivity index (χ1) is 12.0. The molecule has 1 heterocycles. The maximum Gasteiger partial charge on any atom is 0.279 e. The van der Waals surface area contributed by atoms with Crippen molar-refractivity contribution >= 4 is 33.1 Å². The molecule has 0 radical (unpaired) electrons. The lowest BCUT2D eigenvalue weighted by molar-refractivity contribution is -0.384. The smallest absolute Gasteiger partial charge is 0.279 e. The highest BCUT2D eigenvalue weighted by molar-refractivity contribution is 7.16. The Morgan fingerprint density at radius 3 is 2.84 bits per heavy atom. The van der Waals surface area contributed by atoms with Gasteiger partial charge in [-0.05, 0) is 25.1 Å². The second-order valence-corrected chi connectivity index (χ2v) is 6.38. The van der Waals surface area contributed by atoms with Crippen molar-refractivity contribution < 1.29 is 9.72 Å². The van der Waals surface area contributed by atoms with Crippen molar-refractivity contribution in [3.63, 3.8) is 0 Å². The second-order valence-electron chi connectivity index (χ2n) is 5.37. The summed E-state index contributed by atoms with van der Waals surface area (Å²) in [6.07, 6.45) is 5.42. The third-order valence-electron chi connectivity index (χ3n) is 3.59. The average Bonchev–Trinajstić information content (AvgIpc) is 2.92. The summed E-state index contributed by atoms with van der Waals surface area (Å²) in [5.41, 5.74) is 2.14. The molecule has 0 atom stereocenters. The number of non-ortho nitro benzene ring substituents is 1. The van der Waals surface area contributed by atoms with Crippen LogP contribution in [0.5, 0.6) is 0 Å². The van der Waals surface area contributed by atoms with Crippen molar-refractivity contribution in [2.75, 3.05) is 0 Å². The van der Waals surface area contributed by atoms with E-state index in [-0.39, 0.29) is 18.1 Å². The van der Waals surface area contributed by atoms with E-state index in [1.165, 1.54) is 23.5 Å². The monoisotopic (exact) mass is 351 g/mol. The number of nitrogens with zero attached hydrogens (tertiary/aromatic N) is 3. The molecule has 0 saturated carbocycles. The fourth-order valence-corrected chi connectivity index (χ4v) is 3.50. The molecule has 124 valence electrons. The Balaban J connectivity index is 2.17. The number of benzene rings is 2. The van der Waals surface area contributed by atoms with Gasteiger partial charge >= 0.3 is 0 Å². The number of nitro groups is 1. The van der Waals surface area contributed by atoms with E-state index in [1.54, 1.807) is 28.8 Å². The SMILES string of the molecule is C#CCn1c(=NC(=O)c2cccc(C)c2)sc2cc([N+](=O)[O-])ccc21. The van der Waals surface area contributed by atoms with Crippen molar-refractivity contribution in [3.05, 3.63) is 68.5 Å². The van der Waals surface area contributed by atoms with Crippen LogP contribution >= 0.6 is 11.3 Å². The molecular formula is C18H13N3O3S. The minimum absolute atomic E-state index is 0.0156. The van der Waals surface area contributed by atoms with E-state index in [0.29, 0.717) is 20.6 Å². The predicted molar refractivity (Wildman–Crippen MR) is 96.4 cm³/mol. The first kappa shape index (κ1) is 16.6. The van der Waals surface area contributed by atoms with Crippen LogP contribution in [0.4, 0.5) is 5.69 Å². The van der Waals surface area contributed by atoms with Crippen molar-refractivity contribution in [1.29, 1.82) is 0 Å². The van der Waals surface area contributed by atoms with Crippen LogP contribution in [0.3, 0.4) is 0 Å². The molecule has 6 nitrogen and oxygen atoms in total. The highest BCUT2D eigenvalue weighted by Gasteiger charge is 2.13. The molecule has 2 aromatic carbocycles. The lowest BCUT2D eigenvalue weighted by atomic mass is 10.1. The Kier molecular flexibility index (Phi) is 4.46. The summed E-state index contributed by atoms with van der Waals surface area (Å²) in [5, 5.41) is 11.0. The minimum Gasteiger partial charge on any atom is -0.305 e. The fraction of sp³-hybridized carbons (Fsp3) is 0.111. The summed E-state index contributed by atoms with van der Waals surface area (Å²) >= 11 is 1.20. The molecule has 1 amide bonds. The van der Waals surface area contributed by atoms with Gasteiger partial charge in [0.25, 0.3) is 11.6 Å². The molecule has 3 aromatic rings. The zero-order chi connectivity index (χ0) is 18.0. The average molecular weight is 351 g/mol. The first-order valence-corrected chi connectivity index (χ1v) is 8.18. The standard InChI is InChI=1S/C18H13N3O3S/c1-3-9-20-15-8-7-14(21(23)24)11-16(15)25-18(20)19-17(22)13-6-4-5-12(2)10-13/h1,4-8,10-11H,9H2,2H3. The Morgan fingerprint density at radius 1 is 1.36 bits per heavy atom. The van der Waals surface area contributed by atoms with Crippen molar-refractivity contribution in [3.8, 4) is 12.3 Å². The lowest BCUT2D eigenvalue weighted by Gasteiger charge is -2.00. The van der Waals surface area contributed by atoms with E-state index in [9.17, 15) is 14.9 Å². The fourth-order valence-electron chi connectivity index (χ4n) is 2.43. The summed E-state index contributed by atoms with van der Waals surface area (Å²) in [7, 11) is 0. The topological polar surface area (TPSA) is 77.5 Å². The first-order valence-electron chi connectivity index (χ1n) is 7.36. The number of terminal acetylenes is 1. The van der Waals surface area contributed by atoms with Gasteiger partial charge in [-0.3, -0.25) is 14.9 Å². The second kappa shape index (κ2) is 6.71. The van der Waals surface area contributed by atoms with Gasteiger partial charge in [0, 0.05) is 17.7 Å². The van der Waals surface area contributed by atoms with E-state index in [4.69, 9.17) is 6.42 Å². The lowest BCUT2D eigenvalue weighted by Crippen LogP contribution is -2.16. The summed E-state index contributed by atoms with van der Waals surface area (Å²) in [5.74, 6) is 2.15. The Labute approximate surface area is 147 Å². The van der Waals surface area contributed by atoms with Gasteiger partial charge in [0.1, 0.15) is 0 Å². The van der Waals surface area contributed by atoms with Gasteiger partial charge in [0.05, 0.1) is 21.7 Å². The molecule has 0 N–H and O–H groups in total. The van der Waals surface area contributed by atoms with Crippen LogP contribution < -0.4 is 4.80 Å². The third-order valence-corrected chi connectivity index (χ3v) is 4.63. The molecule has 3 rings (SSSR count). The number of rotatable bonds is 3. The molecule has 0 fully saturated rings. The molecule has 0 saturated heterocycles. The molecule has 0 spiro atoms. The Bertz CT molecular complexity index is 1100. The van der Waals surface area contributed by atoms with Gasteiger partial charge in [0.2, 0.25) is 0 Å². The number of hydrogen-bond donors (Lipinski definition) is 0. The van der Waals surface area contributed by atoms with E-state index in [0.717, 1.165) is 5.56 Å². The molecule has 1 aromatic heterocycles. The Morgan fingerprint density at radius 2 is 2.16 bits per heavy atom. The number of carbonyl (C=O) groups is 1. The minimum atomic E-state index is -0.459. The zero-order valence-electron chi connectivity index (χ0n) is 13.3. The van der Waals surface area contributed by atoms with Crippen molar-refractivity contribution in [2.24, 2.45) is 4.99 Å². The van der Waals surface area contributed by atoms with Crippen LogP contribution in [0.1, 0.15) is 15.9 Å². The normalized spacial score (nSPS) is 11.4. The maximum atomic E-state index is 12.4. The summed E-state index contributed by atoms with van der Waals surface area (Å²) in [6.45, 7) is 2.12. The third kappa shape index (κ3) is 3.34. The summed E-state index contributed by atoms with van der Waals surface area (Å²) in [4.78, 5) is 27.5. The van der Waals surface area contributed by atoms with Crippen LogP contribution in [0, 0.1) is 29.4 Å². The van der Waals surface area contributed by atoms with Crippen molar-refractivity contribution in [1.82, 2.24) is 4.57 Å². The highest BCUT2D eigenvalue weighted by Crippen LogP contribution is 2.23. The number of thiazole rings is 1. The van der Waals surface area contributed by atoms with E-state index in [2.05, 4.69) is 10.9 Å². The van der Waals surface area contributed by atoms with Gasteiger partial charge < -0.3 is 4.57 Å². The number of aryl methyl sites for hydroxylation is 1. The van der Waals surface area contributed by atoms with E-state index < -0.39 is 4.92 Å². The van der Waals surface area contributed by atoms with E-state index >= 15 is 0 Å². The quantitative estimate of drug-likeness (QED) is 0.413. The van der Waals surface area contributed by atoms with Crippen molar-refractivity contribution in [2.45, 2.75) is 13.5 Å². The summed E-state index contributed by atoms with van der Waals surface area (Å²) in [6, 6.07) is 11.6. The van der Waals surface area contributed by atoms with Gasteiger partial charge in [-0.1, -0.05) is 35.0 Å². The van der Waals surface area contributed by atoms with Crippen LogP contribution in [0.15, 0.2) is 47.5 Å². The largest absolute Gasteiger partial charge is 0.305 e. The van der Waals surface area contributed by atoms with Crippen LogP contribution in [0.25, 0.3) is 10.2 Å². The van der Waals surface area contributed by atoms with Gasteiger partial charge in [-0.15, -0.1) is 6.42 Å². The molecule has 0 aliphatic rings. The predicted octanol–water partition coefficient (Wildman–Crippen LogP) is 3.29. The number of fused-ring (bicyclic) bond motifs is 1. The van der Waals surface area contributed by atoms with Crippen LogP contribution in [0.2, 0.25) is 0 Å². The van der Waals surface area contributed by atoms with Gasteiger partial charge in [-0.2, -0.15) is 4.99 Å². The van der Waals surface area contributed by atoms with E-state index in [1.807, 2.05) is 13.0 Å². The maximum absolute atomic E-state index is 12.4. The number of aromatic nitrogens is 1. The van der Waals surface area contributed by atoms with Crippen LogP contribution in [-0.4, -0.2) is 15.4 Å². The molecule has 0 aliphatic heterocycles. The molecule has 0 unspecified atom stereocenters. The van der Waals surface area contributed by atoms with Gasteiger partial charge in [-0.25, -0.2) is 0 Å². The zero-order valence-corrected chi connectivity index (χ0v) is 14.1. The highest BCUT2D eigenvalue weighted by atomic mass is 32.1. The molecule has 0 aliphatic carbocycles.